The van der Waals surface area contributed by atoms with E-state index >= 15 is 0 Å². The van der Waals surface area contributed by atoms with Gasteiger partial charge < -0.3 is 5.32 Å². The standard InChI is InChI=1S/C17H17Br2NO/c1-12(13-5-3-2-4-6-13)9-10-20-17(21)15-8-7-14(18)11-16(15)19/h2-8,11-12H,9-10H2,1H3,(H,20,21). The summed E-state index contributed by atoms with van der Waals surface area (Å²) in [4.78, 5) is 12.1. The molecule has 2 aromatic rings. The van der Waals surface area contributed by atoms with Crippen molar-refractivity contribution < 1.29 is 4.79 Å². The number of nitrogens with one attached hydrogen (secondary N) is 1. The lowest BCUT2D eigenvalue weighted by atomic mass is 9.98. The molecule has 0 aromatic heterocycles. The monoisotopic (exact) mass is 409 g/mol. The third kappa shape index (κ3) is 4.68. The molecule has 0 aliphatic carbocycles. The van der Waals surface area contributed by atoms with Gasteiger partial charge in [-0.05, 0) is 52.0 Å². The Morgan fingerprint density at radius 2 is 1.86 bits per heavy atom. The van der Waals surface area contributed by atoms with Gasteiger partial charge in [-0.1, -0.05) is 53.2 Å². The van der Waals surface area contributed by atoms with Crippen LogP contribution in [-0.4, -0.2) is 12.5 Å². The van der Waals surface area contributed by atoms with Gasteiger partial charge in [0.25, 0.3) is 5.91 Å². The van der Waals surface area contributed by atoms with Gasteiger partial charge in [-0.25, -0.2) is 0 Å². The quantitative estimate of drug-likeness (QED) is 0.726. The third-order valence-corrected chi connectivity index (χ3v) is 4.56. The molecule has 1 atom stereocenters. The van der Waals surface area contributed by atoms with Crippen molar-refractivity contribution >= 4 is 37.8 Å². The van der Waals surface area contributed by atoms with Gasteiger partial charge in [0.15, 0.2) is 0 Å². The average Bonchev–Trinajstić information content (AvgIpc) is 2.47. The van der Waals surface area contributed by atoms with Crippen LogP contribution < -0.4 is 5.32 Å². The zero-order valence-electron chi connectivity index (χ0n) is 11.8. The van der Waals surface area contributed by atoms with Crippen LogP contribution in [0.25, 0.3) is 0 Å². The van der Waals surface area contributed by atoms with Crippen LogP contribution in [0.2, 0.25) is 0 Å². The Kier molecular flexibility index (Phi) is 6.00. The van der Waals surface area contributed by atoms with Gasteiger partial charge in [0.2, 0.25) is 0 Å². The Labute approximate surface area is 142 Å². The van der Waals surface area contributed by atoms with E-state index in [0.29, 0.717) is 18.0 Å². The predicted molar refractivity (Wildman–Crippen MR) is 93.6 cm³/mol. The Morgan fingerprint density at radius 1 is 1.14 bits per heavy atom. The molecule has 0 saturated carbocycles. The van der Waals surface area contributed by atoms with E-state index in [1.54, 1.807) is 0 Å². The summed E-state index contributed by atoms with van der Waals surface area (Å²) in [5, 5.41) is 2.98. The SMILES string of the molecule is CC(CCNC(=O)c1ccc(Br)cc1Br)c1ccccc1. The minimum absolute atomic E-state index is 0.0466. The van der Waals surface area contributed by atoms with Crippen LogP contribution in [0.5, 0.6) is 0 Å². The van der Waals surface area contributed by atoms with Crippen LogP contribution in [0.1, 0.15) is 35.2 Å². The summed E-state index contributed by atoms with van der Waals surface area (Å²) in [6.45, 7) is 2.84. The van der Waals surface area contributed by atoms with Crippen LogP contribution in [0, 0.1) is 0 Å². The van der Waals surface area contributed by atoms with Crippen molar-refractivity contribution in [1.82, 2.24) is 5.32 Å². The summed E-state index contributed by atoms with van der Waals surface area (Å²) in [5.41, 5.74) is 1.96. The molecular formula is C17H17Br2NO. The number of rotatable bonds is 5. The molecule has 1 N–H and O–H groups in total. The maximum absolute atomic E-state index is 12.1. The van der Waals surface area contributed by atoms with E-state index in [4.69, 9.17) is 0 Å². The van der Waals surface area contributed by atoms with Gasteiger partial charge in [-0.15, -0.1) is 0 Å². The molecule has 2 nitrogen and oxygen atoms in total. The van der Waals surface area contributed by atoms with Crippen molar-refractivity contribution in [2.75, 3.05) is 6.54 Å². The van der Waals surface area contributed by atoms with E-state index in [1.807, 2.05) is 36.4 Å². The maximum Gasteiger partial charge on any atom is 0.252 e. The van der Waals surface area contributed by atoms with E-state index in [9.17, 15) is 4.79 Å². The van der Waals surface area contributed by atoms with Crippen LogP contribution in [-0.2, 0) is 0 Å². The number of benzene rings is 2. The molecule has 0 heterocycles. The Morgan fingerprint density at radius 3 is 2.52 bits per heavy atom. The van der Waals surface area contributed by atoms with Gasteiger partial charge in [-0.2, -0.15) is 0 Å². The minimum Gasteiger partial charge on any atom is -0.352 e. The van der Waals surface area contributed by atoms with Crippen LogP contribution >= 0.6 is 31.9 Å². The molecule has 0 fully saturated rings. The van der Waals surface area contributed by atoms with Gasteiger partial charge in [0.1, 0.15) is 0 Å². The van der Waals surface area contributed by atoms with Crippen LogP contribution in [0.15, 0.2) is 57.5 Å². The molecule has 0 spiro atoms. The van der Waals surface area contributed by atoms with E-state index in [0.717, 1.165) is 15.4 Å². The van der Waals surface area contributed by atoms with E-state index in [-0.39, 0.29) is 5.91 Å². The Bertz CT molecular complexity index is 613. The molecule has 1 amide bonds. The maximum atomic E-state index is 12.1. The summed E-state index contributed by atoms with van der Waals surface area (Å²) in [7, 11) is 0. The molecule has 110 valence electrons. The van der Waals surface area contributed by atoms with Crippen LogP contribution in [0.4, 0.5) is 0 Å². The summed E-state index contributed by atoms with van der Waals surface area (Å²) < 4.78 is 1.74. The van der Waals surface area contributed by atoms with E-state index < -0.39 is 0 Å². The first-order chi connectivity index (χ1) is 10.1. The molecule has 21 heavy (non-hydrogen) atoms. The lowest BCUT2D eigenvalue weighted by Crippen LogP contribution is -2.25. The first-order valence-corrected chi connectivity index (χ1v) is 8.44. The van der Waals surface area contributed by atoms with Crippen LogP contribution in [0.3, 0.4) is 0 Å². The predicted octanol–water partition coefficient (Wildman–Crippen LogP) is 5.14. The molecule has 0 aliphatic rings. The fourth-order valence-electron chi connectivity index (χ4n) is 2.12. The normalized spacial score (nSPS) is 12.0. The fourth-order valence-corrected chi connectivity index (χ4v) is 3.35. The molecule has 0 saturated heterocycles. The van der Waals surface area contributed by atoms with Gasteiger partial charge >= 0.3 is 0 Å². The first kappa shape index (κ1) is 16.2. The third-order valence-electron chi connectivity index (χ3n) is 3.41. The number of amides is 1. The number of hydrogen-bond donors (Lipinski definition) is 1. The van der Waals surface area contributed by atoms with Crippen molar-refractivity contribution in [2.45, 2.75) is 19.3 Å². The molecular weight excluding hydrogens is 394 g/mol. The first-order valence-electron chi connectivity index (χ1n) is 6.86. The lowest BCUT2D eigenvalue weighted by Gasteiger charge is -2.13. The van der Waals surface area contributed by atoms with Gasteiger partial charge in [0.05, 0.1) is 5.56 Å². The fraction of sp³-hybridized carbons (Fsp3) is 0.235. The number of halogens is 2. The molecule has 2 rings (SSSR count). The molecule has 0 bridgehead atoms. The second kappa shape index (κ2) is 7.76. The summed E-state index contributed by atoms with van der Waals surface area (Å²) in [6, 6.07) is 15.9. The molecule has 0 aliphatic heterocycles. The summed E-state index contributed by atoms with van der Waals surface area (Å²) >= 11 is 6.80. The van der Waals surface area contributed by atoms with Crippen molar-refractivity contribution in [3.63, 3.8) is 0 Å². The highest BCUT2D eigenvalue weighted by Crippen LogP contribution is 2.22. The van der Waals surface area contributed by atoms with Crippen molar-refractivity contribution in [3.8, 4) is 0 Å². The number of carbonyl (C=O) groups excluding carboxylic acids is 1. The van der Waals surface area contributed by atoms with Crippen molar-refractivity contribution in [3.05, 3.63) is 68.6 Å². The summed E-state index contributed by atoms with van der Waals surface area (Å²) in [6.07, 6.45) is 0.921. The zero-order valence-corrected chi connectivity index (χ0v) is 14.9. The van der Waals surface area contributed by atoms with E-state index in [1.165, 1.54) is 5.56 Å². The Hall–Kier alpha value is -1.13. The zero-order chi connectivity index (χ0) is 15.2. The second-order valence-corrected chi connectivity index (χ2v) is 6.75. The molecule has 2 aromatic carbocycles. The highest BCUT2D eigenvalue weighted by Gasteiger charge is 2.11. The Balaban J connectivity index is 1.87. The lowest BCUT2D eigenvalue weighted by molar-refractivity contribution is 0.0952. The van der Waals surface area contributed by atoms with Crippen molar-refractivity contribution in [1.29, 1.82) is 0 Å². The molecule has 1 unspecified atom stereocenters. The summed E-state index contributed by atoms with van der Waals surface area (Å²) in [5.74, 6) is 0.384. The molecule has 4 heteroatoms. The largest absolute Gasteiger partial charge is 0.352 e. The topological polar surface area (TPSA) is 29.1 Å². The van der Waals surface area contributed by atoms with Gasteiger partial charge in [0, 0.05) is 15.5 Å². The minimum atomic E-state index is -0.0466. The van der Waals surface area contributed by atoms with Gasteiger partial charge in [-0.3, -0.25) is 4.79 Å². The number of carbonyl (C=O) groups is 1. The number of hydrogen-bond acceptors (Lipinski definition) is 1. The average molecular weight is 411 g/mol. The molecule has 0 radical (unpaired) electrons. The second-order valence-electron chi connectivity index (χ2n) is 4.98. The highest BCUT2D eigenvalue weighted by atomic mass is 79.9. The van der Waals surface area contributed by atoms with Crippen molar-refractivity contribution in [2.24, 2.45) is 0 Å². The smallest absolute Gasteiger partial charge is 0.252 e. The highest BCUT2D eigenvalue weighted by molar-refractivity contribution is 9.11. The van der Waals surface area contributed by atoms with E-state index in [2.05, 4.69) is 56.2 Å².